The highest BCUT2D eigenvalue weighted by molar-refractivity contribution is 6.20. The second-order valence-electron chi connectivity index (χ2n) is 21.0. The van der Waals surface area contributed by atoms with Gasteiger partial charge in [0.1, 0.15) is 0 Å². The maximum absolute atomic E-state index is 2.56. The van der Waals surface area contributed by atoms with Crippen molar-refractivity contribution < 1.29 is 0 Å². The van der Waals surface area contributed by atoms with Crippen molar-refractivity contribution in [2.24, 2.45) is 0 Å². The predicted molar refractivity (Wildman–Crippen MR) is 323 cm³/mol. The van der Waals surface area contributed by atoms with Gasteiger partial charge >= 0.3 is 0 Å². The maximum Gasteiger partial charge on any atom is 0.0729 e. The first-order valence-electron chi connectivity index (χ1n) is 27.2. The molecular formula is C76H50N2. The van der Waals surface area contributed by atoms with E-state index in [0.717, 1.165) is 34.1 Å². The molecule has 12 aromatic carbocycles. The van der Waals surface area contributed by atoms with Gasteiger partial charge in [0.2, 0.25) is 0 Å². The molecule has 12 aromatic rings. The zero-order valence-corrected chi connectivity index (χ0v) is 42.8. The van der Waals surface area contributed by atoms with Crippen molar-refractivity contribution >= 4 is 45.3 Å². The molecule has 0 heterocycles. The zero-order chi connectivity index (χ0) is 51.4. The number of hydrogen-bond donors (Lipinski definition) is 0. The largest absolute Gasteiger partial charge is 0.310 e. The SMILES string of the molecule is c1ccc(-c2ccccc2N(c2ccccc2)c2ccc3c(c2)C2(C4=C3C3(c5cc(N(c6ccccc6)c6ccccc6-c6ccccc6)ccc54)c4ccccc4-c4ccccc43)c3ccccc3-c3ccccc32)cc1. The lowest BCUT2D eigenvalue weighted by molar-refractivity contribution is 0.826. The Bertz CT molecular complexity index is 4010. The van der Waals surface area contributed by atoms with Crippen molar-refractivity contribution in [2.45, 2.75) is 10.8 Å². The molecule has 0 radical (unpaired) electrons. The Balaban J connectivity index is 1.02. The van der Waals surface area contributed by atoms with Crippen molar-refractivity contribution in [1.82, 2.24) is 0 Å². The van der Waals surface area contributed by atoms with Crippen molar-refractivity contribution in [3.8, 4) is 44.5 Å². The summed E-state index contributed by atoms with van der Waals surface area (Å²) in [6.45, 7) is 0. The number of nitrogens with zero attached hydrogens (tertiary/aromatic N) is 2. The van der Waals surface area contributed by atoms with Crippen molar-refractivity contribution in [2.75, 3.05) is 9.80 Å². The van der Waals surface area contributed by atoms with Crippen LogP contribution in [0.1, 0.15) is 44.5 Å². The monoisotopic (exact) mass is 990 g/mol. The fourth-order valence-electron chi connectivity index (χ4n) is 14.4. The maximum atomic E-state index is 2.56. The molecule has 0 fully saturated rings. The molecule has 4 aliphatic rings. The highest BCUT2D eigenvalue weighted by atomic mass is 15.2. The van der Waals surface area contributed by atoms with Crippen LogP contribution in [-0.2, 0) is 10.8 Å². The Kier molecular flexibility index (Phi) is 9.80. The van der Waals surface area contributed by atoms with E-state index in [1.165, 1.54) is 100 Å². The van der Waals surface area contributed by atoms with Crippen LogP contribution in [-0.4, -0.2) is 0 Å². The molecule has 78 heavy (non-hydrogen) atoms. The van der Waals surface area contributed by atoms with Gasteiger partial charge in [-0.05, 0) is 150 Å². The zero-order valence-electron chi connectivity index (χ0n) is 42.8. The van der Waals surface area contributed by atoms with Crippen LogP contribution in [0, 0.1) is 0 Å². The topological polar surface area (TPSA) is 6.48 Å². The van der Waals surface area contributed by atoms with Crippen molar-refractivity contribution in [1.29, 1.82) is 0 Å². The molecule has 0 saturated heterocycles. The summed E-state index contributed by atoms with van der Waals surface area (Å²) in [4.78, 5) is 4.96. The van der Waals surface area contributed by atoms with Crippen LogP contribution < -0.4 is 9.80 Å². The quantitative estimate of drug-likeness (QED) is 0.150. The van der Waals surface area contributed by atoms with Crippen LogP contribution in [0.5, 0.6) is 0 Å². The predicted octanol–water partition coefficient (Wildman–Crippen LogP) is 19.5. The van der Waals surface area contributed by atoms with E-state index in [0.29, 0.717) is 0 Å². The number of rotatable bonds is 8. The van der Waals surface area contributed by atoms with E-state index in [1.54, 1.807) is 0 Å². The van der Waals surface area contributed by atoms with Crippen LogP contribution in [0.15, 0.2) is 303 Å². The average molecular weight is 991 g/mol. The molecule has 364 valence electrons. The fourth-order valence-corrected chi connectivity index (χ4v) is 14.4. The Morgan fingerprint density at radius 2 is 0.474 bits per heavy atom. The highest BCUT2D eigenvalue weighted by Gasteiger charge is 2.63. The molecule has 0 N–H and O–H groups in total. The summed E-state index contributed by atoms with van der Waals surface area (Å²) in [6.07, 6.45) is 0. The number of allylic oxidation sites excluding steroid dienone is 2. The molecule has 0 saturated carbocycles. The van der Waals surface area contributed by atoms with Gasteiger partial charge in [-0.1, -0.05) is 243 Å². The Labute approximate surface area is 455 Å². The third-order valence-corrected chi connectivity index (χ3v) is 17.3. The summed E-state index contributed by atoms with van der Waals surface area (Å²) in [7, 11) is 0. The number of anilines is 6. The summed E-state index contributed by atoms with van der Waals surface area (Å²) in [5.41, 5.74) is 28.3. The average Bonchev–Trinajstić information content (AvgIpc) is 2.18. The van der Waals surface area contributed by atoms with Gasteiger partial charge < -0.3 is 9.80 Å². The van der Waals surface area contributed by atoms with Crippen molar-refractivity contribution in [3.05, 3.63) is 348 Å². The second-order valence-corrected chi connectivity index (χ2v) is 21.0. The van der Waals surface area contributed by atoms with Gasteiger partial charge in [0.05, 0.1) is 22.2 Å². The standard InChI is InChI=1S/C76H50N2/c1-5-25-51(26-6-1)57-33-17-23-43-71(57)77(53-29-9-3-10-30-53)55-45-47-63-69(49-55)75(65-39-19-13-35-59(65)60-36-14-20-40-66(60)75)74-64-48-46-56(50-70(64)76(73(63)74)67-41-21-15-37-61(67)62-38-16-22-42-68(62)76)78(54-31-11-4-12-32-54)72-44-24-18-34-58(72)52-27-7-2-8-28-52/h1-50H. The third-order valence-electron chi connectivity index (χ3n) is 17.3. The summed E-state index contributed by atoms with van der Waals surface area (Å²) >= 11 is 0. The molecule has 0 atom stereocenters. The molecule has 4 aliphatic carbocycles. The van der Waals surface area contributed by atoms with E-state index >= 15 is 0 Å². The second kappa shape index (κ2) is 17.3. The molecular weight excluding hydrogens is 941 g/mol. The molecule has 0 aliphatic heterocycles. The van der Waals surface area contributed by atoms with E-state index in [9.17, 15) is 0 Å². The molecule has 0 bridgehead atoms. The molecule has 0 unspecified atom stereocenters. The van der Waals surface area contributed by atoms with Crippen LogP contribution >= 0.6 is 0 Å². The summed E-state index contributed by atoms with van der Waals surface area (Å²) < 4.78 is 0. The Morgan fingerprint density at radius 1 is 0.192 bits per heavy atom. The minimum atomic E-state index is -0.680. The third kappa shape index (κ3) is 6.08. The van der Waals surface area contributed by atoms with Gasteiger partial charge in [-0.3, -0.25) is 0 Å². The summed E-state index contributed by atoms with van der Waals surface area (Å²) in [5.74, 6) is 0. The van der Waals surface area contributed by atoms with Crippen LogP contribution in [0.4, 0.5) is 34.1 Å². The fraction of sp³-hybridized carbons (Fsp3) is 0.0263. The number of benzene rings is 12. The van der Waals surface area contributed by atoms with E-state index < -0.39 is 10.8 Å². The van der Waals surface area contributed by atoms with Crippen LogP contribution in [0.25, 0.3) is 55.7 Å². The lowest BCUT2D eigenvalue weighted by Crippen LogP contribution is -2.29. The van der Waals surface area contributed by atoms with Gasteiger partial charge in [-0.25, -0.2) is 0 Å². The van der Waals surface area contributed by atoms with E-state index in [-0.39, 0.29) is 0 Å². The van der Waals surface area contributed by atoms with Gasteiger partial charge in [0.15, 0.2) is 0 Å². The number of hydrogen-bond acceptors (Lipinski definition) is 2. The molecule has 2 heteroatoms. The van der Waals surface area contributed by atoms with Crippen molar-refractivity contribution in [3.63, 3.8) is 0 Å². The molecule has 0 amide bonds. The minimum absolute atomic E-state index is 0.680. The molecule has 16 rings (SSSR count). The Hall–Kier alpha value is -10.0. The molecule has 0 aromatic heterocycles. The van der Waals surface area contributed by atoms with E-state index in [4.69, 9.17) is 0 Å². The highest BCUT2D eigenvalue weighted by Crippen LogP contribution is 2.75. The van der Waals surface area contributed by atoms with Gasteiger partial charge in [-0.15, -0.1) is 0 Å². The van der Waals surface area contributed by atoms with Gasteiger partial charge in [0.25, 0.3) is 0 Å². The number of fused-ring (bicyclic) bond motifs is 18. The minimum Gasteiger partial charge on any atom is -0.310 e. The van der Waals surface area contributed by atoms with E-state index in [2.05, 4.69) is 313 Å². The van der Waals surface area contributed by atoms with Gasteiger partial charge in [0, 0.05) is 33.9 Å². The first-order chi connectivity index (χ1) is 38.7. The summed E-state index contributed by atoms with van der Waals surface area (Å²) in [6, 6.07) is 113. The Morgan fingerprint density at radius 3 is 0.821 bits per heavy atom. The summed E-state index contributed by atoms with van der Waals surface area (Å²) in [5, 5.41) is 0. The van der Waals surface area contributed by atoms with E-state index in [1.807, 2.05) is 0 Å². The normalized spacial score (nSPS) is 14.1. The lowest BCUT2D eigenvalue weighted by atomic mass is 9.66. The number of para-hydroxylation sites is 4. The van der Waals surface area contributed by atoms with Crippen LogP contribution in [0.2, 0.25) is 0 Å². The molecule has 2 nitrogen and oxygen atoms in total. The smallest absolute Gasteiger partial charge is 0.0729 e. The van der Waals surface area contributed by atoms with Gasteiger partial charge in [-0.2, -0.15) is 0 Å². The molecule has 2 spiro atoms. The first-order valence-corrected chi connectivity index (χ1v) is 27.2. The first kappa shape index (κ1) is 44.3. The van der Waals surface area contributed by atoms with Crippen LogP contribution in [0.3, 0.4) is 0 Å². The lowest BCUT2D eigenvalue weighted by Gasteiger charge is -2.37.